The van der Waals surface area contributed by atoms with Crippen LogP contribution >= 0.6 is 23.2 Å². The molecule has 0 N–H and O–H groups in total. The molecule has 1 atom stereocenters. The van der Waals surface area contributed by atoms with E-state index in [-0.39, 0.29) is 38.2 Å². The monoisotopic (exact) mass is 451 g/mol. The standard InChI is InChI=1S/C20H15Cl2NO7/c1-9(23-17(24)11-7-13(21)14(22)8-12(11)18(23)25)19(26)30-15-5-4-10(20(27)29-3)6-16(15)28-2/h4-9H,1-3H3. The molecule has 0 saturated heterocycles. The number of ether oxygens (including phenoxy) is 3. The van der Waals surface area contributed by atoms with Gasteiger partial charge in [-0.1, -0.05) is 23.2 Å². The molecule has 0 aromatic heterocycles. The number of hydrogen-bond donors (Lipinski definition) is 0. The van der Waals surface area contributed by atoms with Gasteiger partial charge in [-0.2, -0.15) is 0 Å². The molecule has 8 nitrogen and oxygen atoms in total. The Bertz CT molecular complexity index is 1040. The van der Waals surface area contributed by atoms with E-state index in [4.69, 9.17) is 32.7 Å². The third-order valence-corrected chi connectivity index (χ3v) is 5.20. The van der Waals surface area contributed by atoms with Crippen LogP contribution in [0.15, 0.2) is 30.3 Å². The van der Waals surface area contributed by atoms with Gasteiger partial charge in [0.2, 0.25) is 0 Å². The van der Waals surface area contributed by atoms with Crippen molar-refractivity contribution in [2.75, 3.05) is 14.2 Å². The van der Waals surface area contributed by atoms with Crippen molar-refractivity contribution >= 4 is 47.0 Å². The maximum Gasteiger partial charge on any atom is 0.337 e. The third kappa shape index (κ3) is 3.71. The number of benzene rings is 2. The minimum absolute atomic E-state index is 0.00435. The van der Waals surface area contributed by atoms with Gasteiger partial charge in [0.05, 0.1) is 41.0 Å². The third-order valence-electron chi connectivity index (χ3n) is 4.48. The van der Waals surface area contributed by atoms with Gasteiger partial charge in [-0.15, -0.1) is 0 Å². The molecule has 3 rings (SSSR count). The molecule has 0 spiro atoms. The number of fused-ring (bicyclic) bond motifs is 1. The van der Waals surface area contributed by atoms with E-state index in [1.807, 2.05) is 0 Å². The normalized spacial score (nSPS) is 13.7. The highest BCUT2D eigenvalue weighted by atomic mass is 35.5. The molecule has 0 aliphatic carbocycles. The zero-order valence-corrected chi connectivity index (χ0v) is 17.5. The van der Waals surface area contributed by atoms with Gasteiger partial charge in [0.25, 0.3) is 11.8 Å². The molecule has 2 aromatic rings. The fourth-order valence-corrected chi connectivity index (χ4v) is 3.23. The van der Waals surface area contributed by atoms with Crippen molar-refractivity contribution in [2.24, 2.45) is 0 Å². The highest BCUT2D eigenvalue weighted by Crippen LogP contribution is 2.33. The van der Waals surface area contributed by atoms with Gasteiger partial charge in [-0.25, -0.2) is 9.59 Å². The number of hydrogen-bond acceptors (Lipinski definition) is 7. The van der Waals surface area contributed by atoms with Crippen LogP contribution in [0.2, 0.25) is 10.0 Å². The number of carbonyl (C=O) groups excluding carboxylic acids is 4. The molecule has 2 amide bonds. The van der Waals surface area contributed by atoms with Crippen LogP contribution in [0.3, 0.4) is 0 Å². The lowest BCUT2D eigenvalue weighted by atomic mass is 10.1. The number of imide groups is 1. The topological polar surface area (TPSA) is 99.2 Å². The zero-order valence-electron chi connectivity index (χ0n) is 16.0. The Morgan fingerprint density at radius 3 is 2.00 bits per heavy atom. The second-order valence-electron chi connectivity index (χ2n) is 6.25. The van der Waals surface area contributed by atoms with E-state index < -0.39 is 29.8 Å². The van der Waals surface area contributed by atoms with Crippen LogP contribution < -0.4 is 9.47 Å². The Labute approximate surface area is 181 Å². The summed E-state index contributed by atoms with van der Waals surface area (Å²) in [6, 6.07) is 5.38. The van der Waals surface area contributed by atoms with Crippen molar-refractivity contribution in [3.8, 4) is 11.5 Å². The van der Waals surface area contributed by atoms with Gasteiger partial charge in [-0.05, 0) is 37.3 Å². The van der Waals surface area contributed by atoms with Crippen LogP contribution in [0.4, 0.5) is 0 Å². The molecule has 10 heteroatoms. The van der Waals surface area contributed by atoms with E-state index in [9.17, 15) is 19.2 Å². The van der Waals surface area contributed by atoms with Crippen LogP contribution in [0.5, 0.6) is 11.5 Å². The Kier molecular flexibility index (Phi) is 6.00. The SMILES string of the molecule is COC(=O)c1ccc(OC(=O)C(C)N2C(=O)c3cc(Cl)c(Cl)cc3C2=O)c(OC)c1. The number of nitrogens with zero attached hydrogens (tertiary/aromatic N) is 1. The highest BCUT2D eigenvalue weighted by molar-refractivity contribution is 6.43. The predicted molar refractivity (Wildman–Crippen MR) is 106 cm³/mol. The van der Waals surface area contributed by atoms with Crippen molar-refractivity contribution in [1.29, 1.82) is 0 Å². The largest absolute Gasteiger partial charge is 0.493 e. The lowest BCUT2D eigenvalue weighted by molar-refractivity contribution is -0.138. The number of halogens is 2. The number of rotatable bonds is 5. The molecule has 1 aliphatic rings. The van der Waals surface area contributed by atoms with E-state index >= 15 is 0 Å². The van der Waals surface area contributed by atoms with Gasteiger partial charge in [0.1, 0.15) is 6.04 Å². The van der Waals surface area contributed by atoms with Crippen molar-refractivity contribution in [2.45, 2.75) is 13.0 Å². The Morgan fingerprint density at radius 1 is 0.933 bits per heavy atom. The van der Waals surface area contributed by atoms with Crippen molar-refractivity contribution in [1.82, 2.24) is 4.90 Å². The van der Waals surface area contributed by atoms with Crippen molar-refractivity contribution in [3.05, 3.63) is 57.1 Å². The van der Waals surface area contributed by atoms with E-state index in [1.54, 1.807) is 0 Å². The van der Waals surface area contributed by atoms with Gasteiger partial charge < -0.3 is 14.2 Å². The first-order valence-electron chi connectivity index (χ1n) is 8.54. The van der Waals surface area contributed by atoms with Gasteiger partial charge >= 0.3 is 11.9 Å². The minimum Gasteiger partial charge on any atom is -0.493 e. The fourth-order valence-electron chi connectivity index (χ4n) is 2.90. The first-order valence-corrected chi connectivity index (χ1v) is 9.30. The smallest absolute Gasteiger partial charge is 0.337 e. The lowest BCUT2D eigenvalue weighted by Gasteiger charge is -2.21. The quantitative estimate of drug-likeness (QED) is 0.390. The summed E-state index contributed by atoms with van der Waals surface area (Å²) in [5.74, 6) is -2.75. The van der Waals surface area contributed by atoms with Crippen molar-refractivity contribution in [3.63, 3.8) is 0 Å². The van der Waals surface area contributed by atoms with Gasteiger partial charge in [0, 0.05) is 0 Å². The van der Waals surface area contributed by atoms with E-state index in [2.05, 4.69) is 4.74 Å². The molecular formula is C20H15Cl2NO7. The summed E-state index contributed by atoms with van der Waals surface area (Å²) < 4.78 is 15.1. The number of carbonyl (C=O) groups is 4. The predicted octanol–water partition coefficient (Wildman–Crippen LogP) is 3.38. The first-order chi connectivity index (χ1) is 14.2. The maximum atomic E-state index is 12.7. The molecule has 30 heavy (non-hydrogen) atoms. The number of methoxy groups -OCH3 is 2. The Hall–Kier alpha value is -3.10. The molecule has 156 valence electrons. The van der Waals surface area contributed by atoms with Gasteiger partial charge in [-0.3, -0.25) is 14.5 Å². The number of amides is 2. The molecule has 1 unspecified atom stereocenters. The molecule has 0 fully saturated rings. The lowest BCUT2D eigenvalue weighted by Crippen LogP contribution is -2.44. The van der Waals surface area contributed by atoms with Crippen LogP contribution in [-0.2, 0) is 9.53 Å². The van der Waals surface area contributed by atoms with Crippen LogP contribution in [0.25, 0.3) is 0 Å². The van der Waals surface area contributed by atoms with E-state index in [0.29, 0.717) is 0 Å². The van der Waals surface area contributed by atoms with Crippen LogP contribution in [0, 0.1) is 0 Å². The van der Waals surface area contributed by atoms with Gasteiger partial charge in [0.15, 0.2) is 11.5 Å². The molecule has 0 saturated carbocycles. The van der Waals surface area contributed by atoms with E-state index in [1.165, 1.54) is 51.5 Å². The molecule has 2 aromatic carbocycles. The summed E-state index contributed by atoms with van der Waals surface area (Å²) in [5.41, 5.74) is 0.291. The zero-order chi connectivity index (χ0) is 22.2. The summed E-state index contributed by atoms with van der Waals surface area (Å²) in [7, 11) is 2.56. The fraction of sp³-hybridized carbons (Fsp3) is 0.200. The van der Waals surface area contributed by atoms with E-state index in [0.717, 1.165) is 4.90 Å². The second-order valence-corrected chi connectivity index (χ2v) is 7.06. The minimum atomic E-state index is -1.25. The summed E-state index contributed by atoms with van der Waals surface area (Å²) in [6.07, 6.45) is 0. The van der Waals surface area contributed by atoms with Crippen molar-refractivity contribution < 1.29 is 33.4 Å². The van der Waals surface area contributed by atoms with Crippen LogP contribution in [0.1, 0.15) is 38.0 Å². The average molecular weight is 452 g/mol. The summed E-state index contributed by atoms with van der Waals surface area (Å²) in [4.78, 5) is 50.4. The molecule has 1 heterocycles. The average Bonchev–Trinajstić information content (AvgIpc) is 2.97. The molecular weight excluding hydrogens is 437 g/mol. The molecule has 1 aliphatic heterocycles. The summed E-state index contributed by atoms with van der Waals surface area (Å²) >= 11 is 11.9. The maximum absolute atomic E-state index is 12.7. The first kappa shape index (κ1) is 21.6. The summed E-state index contributed by atoms with van der Waals surface area (Å²) in [6.45, 7) is 1.35. The second kappa shape index (κ2) is 8.33. The highest BCUT2D eigenvalue weighted by Gasteiger charge is 2.42. The molecule has 0 radical (unpaired) electrons. The Balaban J connectivity index is 1.84. The summed E-state index contributed by atoms with van der Waals surface area (Å²) in [5, 5.41) is 0.230. The molecule has 0 bridgehead atoms. The Morgan fingerprint density at radius 2 is 1.50 bits per heavy atom. The number of esters is 2. The van der Waals surface area contributed by atoms with Crippen LogP contribution in [-0.4, -0.2) is 48.9 Å².